The minimum Gasteiger partial charge on any atom is -0.309 e. The first kappa shape index (κ1) is 26.4. The fourth-order valence-electron chi connectivity index (χ4n) is 8.28. The van der Waals surface area contributed by atoms with E-state index in [-0.39, 0.29) is 5.41 Å². The van der Waals surface area contributed by atoms with Crippen LogP contribution in [0.2, 0.25) is 0 Å². The molecule has 9 aromatic rings. The van der Waals surface area contributed by atoms with Crippen molar-refractivity contribution in [1.82, 2.24) is 9.13 Å². The third-order valence-electron chi connectivity index (χ3n) is 10.5. The van der Waals surface area contributed by atoms with Crippen molar-refractivity contribution in [2.24, 2.45) is 0 Å². The molecule has 0 spiro atoms. The summed E-state index contributed by atoms with van der Waals surface area (Å²) in [5, 5.41) is 5.11. The SMILES string of the molecule is CC1(C)c2ccccc2-c2cc(-n3c4ccccc4c4ccc(-c5ccc(-n6c7ccccc7c7ccccc76)cc5)cc43)ccc21. The molecule has 1 aliphatic rings. The summed E-state index contributed by atoms with van der Waals surface area (Å²) >= 11 is 0. The fraction of sp³-hybridized carbons (Fsp3) is 0.0667. The molecule has 222 valence electrons. The molecule has 0 unspecified atom stereocenters. The predicted octanol–water partition coefficient (Wildman–Crippen LogP) is 11.9. The van der Waals surface area contributed by atoms with Gasteiger partial charge in [-0.1, -0.05) is 123 Å². The van der Waals surface area contributed by atoms with Crippen LogP contribution in [0.1, 0.15) is 25.0 Å². The van der Waals surface area contributed by atoms with Crippen LogP contribution in [0.3, 0.4) is 0 Å². The lowest BCUT2D eigenvalue weighted by molar-refractivity contribution is 0.660. The fourth-order valence-corrected chi connectivity index (χ4v) is 8.28. The molecule has 0 bridgehead atoms. The highest BCUT2D eigenvalue weighted by atomic mass is 15.0. The predicted molar refractivity (Wildman–Crippen MR) is 198 cm³/mol. The summed E-state index contributed by atoms with van der Waals surface area (Å²) in [4.78, 5) is 0. The lowest BCUT2D eigenvalue weighted by atomic mass is 9.82. The molecule has 1 aliphatic carbocycles. The van der Waals surface area contributed by atoms with Gasteiger partial charge in [-0.15, -0.1) is 0 Å². The van der Waals surface area contributed by atoms with Crippen molar-refractivity contribution < 1.29 is 0 Å². The first-order valence-corrected chi connectivity index (χ1v) is 16.4. The minimum absolute atomic E-state index is 0.0101. The molecule has 2 aromatic heterocycles. The Labute approximate surface area is 273 Å². The number of nitrogens with zero attached hydrogens (tertiary/aromatic N) is 2. The maximum atomic E-state index is 2.45. The number of hydrogen-bond acceptors (Lipinski definition) is 0. The van der Waals surface area contributed by atoms with E-state index >= 15 is 0 Å². The van der Waals surface area contributed by atoms with Gasteiger partial charge in [0.15, 0.2) is 0 Å². The van der Waals surface area contributed by atoms with E-state index in [0.29, 0.717) is 0 Å². The number of rotatable bonds is 3. The monoisotopic (exact) mass is 600 g/mol. The Balaban J connectivity index is 1.13. The van der Waals surface area contributed by atoms with E-state index in [2.05, 4.69) is 181 Å². The average Bonchev–Trinajstić information content (AvgIpc) is 3.71. The Hall–Kier alpha value is -5.86. The van der Waals surface area contributed by atoms with Crippen LogP contribution in [0, 0.1) is 0 Å². The van der Waals surface area contributed by atoms with E-state index in [4.69, 9.17) is 0 Å². The molecule has 7 aromatic carbocycles. The van der Waals surface area contributed by atoms with Gasteiger partial charge in [-0.2, -0.15) is 0 Å². The van der Waals surface area contributed by atoms with Crippen molar-refractivity contribution in [3.05, 3.63) is 169 Å². The summed E-state index contributed by atoms with van der Waals surface area (Å²) in [5.41, 5.74) is 15.2. The zero-order valence-corrected chi connectivity index (χ0v) is 26.4. The smallest absolute Gasteiger partial charge is 0.0547 e. The highest BCUT2D eigenvalue weighted by molar-refractivity contribution is 6.11. The van der Waals surface area contributed by atoms with Gasteiger partial charge in [-0.3, -0.25) is 0 Å². The first-order valence-electron chi connectivity index (χ1n) is 16.4. The maximum absolute atomic E-state index is 2.45. The van der Waals surface area contributed by atoms with Crippen LogP contribution in [0.5, 0.6) is 0 Å². The van der Waals surface area contributed by atoms with Crippen molar-refractivity contribution in [1.29, 1.82) is 0 Å². The van der Waals surface area contributed by atoms with E-state index in [1.807, 2.05) is 0 Å². The van der Waals surface area contributed by atoms with E-state index in [1.165, 1.54) is 88.4 Å². The van der Waals surface area contributed by atoms with Crippen LogP contribution in [-0.4, -0.2) is 9.13 Å². The van der Waals surface area contributed by atoms with Gasteiger partial charge in [0.25, 0.3) is 0 Å². The van der Waals surface area contributed by atoms with Gasteiger partial charge in [0, 0.05) is 38.3 Å². The molecule has 2 nitrogen and oxygen atoms in total. The molecule has 0 fully saturated rings. The summed E-state index contributed by atoms with van der Waals surface area (Å²) in [6.07, 6.45) is 0. The molecule has 0 amide bonds. The Morgan fingerprint density at radius 3 is 1.51 bits per heavy atom. The molecule has 0 atom stereocenters. The maximum Gasteiger partial charge on any atom is 0.0547 e. The van der Waals surface area contributed by atoms with Crippen LogP contribution >= 0.6 is 0 Å². The Morgan fingerprint density at radius 2 is 0.851 bits per heavy atom. The van der Waals surface area contributed by atoms with Gasteiger partial charge in [0.05, 0.1) is 22.1 Å². The van der Waals surface area contributed by atoms with E-state index in [9.17, 15) is 0 Å². The Bertz CT molecular complexity index is 2650. The lowest BCUT2D eigenvalue weighted by Crippen LogP contribution is -2.14. The number of aromatic nitrogens is 2. The number of fused-ring (bicyclic) bond motifs is 9. The lowest BCUT2D eigenvalue weighted by Gasteiger charge is -2.21. The van der Waals surface area contributed by atoms with Gasteiger partial charge in [0.1, 0.15) is 0 Å². The second-order valence-corrected chi connectivity index (χ2v) is 13.4. The molecular weight excluding hydrogens is 569 g/mol. The molecule has 10 rings (SSSR count). The summed E-state index contributed by atoms with van der Waals surface area (Å²) < 4.78 is 4.83. The summed E-state index contributed by atoms with van der Waals surface area (Å²) in [6.45, 7) is 4.69. The molecular formula is C45H32N2. The first-order chi connectivity index (χ1) is 23.1. The van der Waals surface area contributed by atoms with Crippen LogP contribution in [0.25, 0.3) is 77.2 Å². The van der Waals surface area contributed by atoms with Crippen molar-refractivity contribution in [2.45, 2.75) is 19.3 Å². The van der Waals surface area contributed by atoms with E-state index in [0.717, 1.165) is 0 Å². The van der Waals surface area contributed by atoms with Crippen molar-refractivity contribution in [3.8, 4) is 33.6 Å². The Morgan fingerprint density at radius 1 is 0.362 bits per heavy atom. The molecule has 47 heavy (non-hydrogen) atoms. The van der Waals surface area contributed by atoms with E-state index in [1.54, 1.807) is 0 Å². The highest BCUT2D eigenvalue weighted by Crippen LogP contribution is 2.49. The minimum atomic E-state index is -0.0101. The average molecular weight is 601 g/mol. The highest BCUT2D eigenvalue weighted by Gasteiger charge is 2.35. The number of para-hydroxylation sites is 3. The molecule has 0 saturated heterocycles. The van der Waals surface area contributed by atoms with Gasteiger partial charge in [0.2, 0.25) is 0 Å². The third kappa shape index (κ3) is 3.67. The summed E-state index contributed by atoms with van der Waals surface area (Å²) in [5.74, 6) is 0. The zero-order chi connectivity index (χ0) is 31.3. The van der Waals surface area contributed by atoms with Crippen LogP contribution in [0.4, 0.5) is 0 Å². The second-order valence-electron chi connectivity index (χ2n) is 13.4. The quantitative estimate of drug-likeness (QED) is 0.191. The molecule has 2 heteroatoms. The largest absolute Gasteiger partial charge is 0.309 e. The number of benzene rings is 7. The standard InChI is InChI=1S/C45H32N2/c1-45(2)39-15-7-3-11-33(39)38-28-32(24-26-40(38)45)47-43-18-10-6-14-36(43)37-25-21-30(27-44(37)47)29-19-22-31(23-20-29)46-41-16-8-4-12-34(41)35-13-5-9-17-42(35)46/h3-28H,1-2H3. The summed E-state index contributed by atoms with van der Waals surface area (Å²) in [7, 11) is 0. The molecule has 2 heterocycles. The van der Waals surface area contributed by atoms with Gasteiger partial charge in [-0.25, -0.2) is 0 Å². The van der Waals surface area contributed by atoms with Gasteiger partial charge >= 0.3 is 0 Å². The second kappa shape index (κ2) is 9.57. The van der Waals surface area contributed by atoms with Crippen LogP contribution < -0.4 is 0 Å². The normalized spacial score (nSPS) is 13.5. The molecule has 0 radical (unpaired) electrons. The van der Waals surface area contributed by atoms with Gasteiger partial charge < -0.3 is 9.13 Å². The molecule has 0 N–H and O–H groups in total. The molecule has 0 aliphatic heterocycles. The Kier molecular flexibility index (Phi) is 5.37. The topological polar surface area (TPSA) is 9.86 Å². The number of hydrogen-bond donors (Lipinski definition) is 0. The third-order valence-corrected chi connectivity index (χ3v) is 10.5. The van der Waals surface area contributed by atoms with Gasteiger partial charge in [-0.05, 0) is 81.9 Å². The zero-order valence-electron chi connectivity index (χ0n) is 26.4. The van der Waals surface area contributed by atoms with Crippen molar-refractivity contribution in [2.75, 3.05) is 0 Å². The van der Waals surface area contributed by atoms with Crippen LogP contribution in [0.15, 0.2) is 158 Å². The van der Waals surface area contributed by atoms with Crippen molar-refractivity contribution in [3.63, 3.8) is 0 Å². The van der Waals surface area contributed by atoms with Crippen LogP contribution in [-0.2, 0) is 5.41 Å². The molecule has 0 saturated carbocycles. The van der Waals surface area contributed by atoms with E-state index < -0.39 is 0 Å². The van der Waals surface area contributed by atoms with Crippen molar-refractivity contribution >= 4 is 43.6 Å². The summed E-state index contributed by atoms with van der Waals surface area (Å²) in [6, 6.07) is 58.1.